The van der Waals surface area contributed by atoms with Gasteiger partial charge in [0, 0.05) is 26.9 Å². The van der Waals surface area contributed by atoms with Crippen molar-refractivity contribution < 1.29 is 0 Å². The number of hydrazine groups is 1. The number of nitrogens with one attached hydrogen (secondary N) is 1. The van der Waals surface area contributed by atoms with E-state index in [4.69, 9.17) is 29.0 Å². The second-order valence-electron chi connectivity index (χ2n) is 5.51. The summed E-state index contributed by atoms with van der Waals surface area (Å²) in [7, 11) is 0. The Morgan fingerprint density at radius 2 is 2.19 bits per heavy atom. The highest BCUT2D eigenvalue weighted by molar-refractivity contribution is 7.10. The zero-order valence-corrected chi connectivity index (χ0v) is 13.9. The average Bonchev–Trinajstić information content (AvgIpc) is 2.95. The van der Waals surface area contributed by atoms with Crippen molar-refractivity contribution in [2.24, 2.45) is 5.84 Å². The minimum Gasteiger partial charge on any atom is -0.271 e. The molecule has 0 fully saturated rings. The van der Waals surface area contributed by atoms with Gasteiger partial charge >= 0.3 is 0 Å². The van der Waals surface area contributed by atoms with Gasteiger partial charge in [0.1, 0.15) is 0 Å². The number of aryl methyl sites for hydroxylation is 1. The Labute approximate surface area is 139 Å². The van der Waals surface area contributed by atoms with Gasteiger partial charge in [-0.25, -0.2) is 0 Å². The fraction of sp³-hybridized carbons (Fsp3) is 0.375. The van der Waals surface area contributed by atoms with Crippen molar-refractivity contribution in [3.05, 3.63) is 55.7 Å². The summed E-state index contributed by atoms with van der Waals surface area (Å²) in [6.07, 6.45) is 4.41. The molecule has 0 saturated heterocycles. The van der Waals surface area contributed by atoms with Crippen molar-refractivity contribution in [2.75, 3.05) is 0 Å². The summed E-state index contributed by atoms with van der Waals surface area (Å²) in [5.74, 6) is 6.30. The van der Waals surface area contributed by atoms with E-state index in [1.165, 1.54) is 29.7 Å². The molecule has 0 radical (unpaired) electrons. The number of thiophene rings is 1. The molecule has 0 amide bonds. The summed E-state index contributed by atoms with van der Waals surface area (Å²) in [5.41, 5.74) is 5.55. The van der Waals surface area contributed by atoms with E-state index in [9.17, 15) is 0 Å². The van der Waals surface area contributed by atoms with Crippen LogP contribution in [0.4, 0.5) is 0 Å². The predicted octanol–water partition coefficient (Wildman–Crippen LogP) is 4.55. The highest BCUT2D eigenvalue weighted by Gasteiger charge is 2.28. The number of nitrogens with two attached hydrogens (primary N) is 1. The Bertz CT molecular complexity index is 626. The van der Waals surface area contributed by atoms with E-state index >= 15 is 0 Å². The third-order valence-electron chi connectivity index (χ3n) is 4.25. The summed E-state index contributed by atoms with van der Waals surface area (Å²) < 4.78 is 0. The summed E-state index contributed by atoms with van der Waals surface area (Å²) >= 11 is 14.1. The van der Waals surface area contributed by atoms with Crippen molar-refractivity contribution in [1.82, 2.24) is 5.43 Å². The van der Waals surface area contributed by atoms with Crippen LogP contribution in [0, 0.1) is 0 Å². The van der Waals surface area contributed by atoms with E-state index in [0.717, 1.165) is 12.0 Å². The molecule has 2 nitrogen and oxygen atoms in total. The van der Waals surface area contributed by atoms with Crippen molar-refractivity contribution >= 4 is 34.5 Å². The molecule has 1 aromatic carbocycles. The lowest BCUT2D eigenvalue weighted by atomic mass is 9.80. The second kappa shape index (κ2) is 6.67. The van der Waals surface area contributed by atoms with E-state index in [2.05, 4.69) is 16.9 Å². The van der Waals surface area contributed by atoms with E-state index < -0.39 is 0 Å². The normalized spacial score (nSPS) is 19.3. The molecule has 3 rings (SSSR count). The Morgan fingerprint density at radius 3 is 2.95 bits per heavy atom. The number of halogens is 2. The Balaban J connectivity index is 1.83. The SMILES string of the molecule is NNC(Cc1ccc(Cl)cc1Cl)C1CCCc2sccc21. The standard InChI is InChI=1S/C16H18Cl2N2S/c17-11-5-4-10(14(18)9-11)8-15(20-19)12-2-1-3-16-13(12)6-7-21-16/h4-7,9,12,15,20H,1-3,8,19H2. The highest BCUT2D eigenvalue weighted by Crippen LogP contribution is 2.38. The van der Waals surface area contributed by atoms with Crippen LogP contribution < -0.4 is 11.3 Å². The molecule has 0 bridgehead atoms. The maximum absolute atomic E-state index is 6.30. The van der Waals surface area contributed by atoms with Crippen LogP contribution in [0.1, 0.15) is 34.8 Å². The molecule has 1 aliphatic carbocycles. The van der Waals surface area contributed by atoms with Crippen molar-refractivity contribution in [1.29, 1.82) is 0 Å². The van der Waals surface area contributed by atoms with Crippen LogP contribution in [0.15, 0.2) is 29.6 Å². The van der Waals surface area contributed by atoms with Crippen molar-refractivity contribution in [3.8, 4) is 0 Å². The molecule has 2 aromatic rings. The van der Waals surface area contributed by atoms with E-state index in [1.807, 2.05) is 23.5 Å². The number of hydrogen-bond donors (Lipinski definition) is 2. The molecule has 0 spiro atoms. The first-order valence-electron chi connectivity index (χ1n) is 7.15. The molecule has 0 saturated carbocycles. The van der Waals surface area contributed by atoms with Gasteiger partial charge in [0.2, 0.25) is 0 Å². The number of rotatable bonds is 4. The van der Waals surface area contributed by atoms with Crippen molar-refractivity contribution in [3.63, 3.8) is 0 Å². The largest absolute Gasteiger partial charge is 0.271 e. The zero-order valence-electron chi connectivity index (χ0n) is 11.6. The summed E-state index contributed by atoms with van der Waals surface area (Å²) in [4.78, 5) is 1.51. The van der Waals surface area contributed by atoms with Gasteiger partial charge < -0.3 is 0 Å². The minimum atomic E-state index is 0.192. The van der Waals surface area contributed by atoms with Crippen LogP contribution in [0.3, 0.4) is 0 Å². The minimum absolute atomic E-state index is 0.192. The molecule has 112 valence electrons. The fourth-order valence-electron chi connectivity index (χ4n) is 3.18. The quantitative estimate of drug-likeness (QED) is 0.632. The lowest BCUT2D eigenvalue weighted by Crippen LogP contribution is -2.42. The number of hydrogen-bond acceptors (Lipinski definition) is 3. The first kappa shape index (κ1) is 15.3. The van der Waals surface area contributed by atoms with Gasteiger partial charge in [0.25, 0.3) is 0 Å². The number of benzene rings is 1. The summed E-state index contributed by atoms with van der Waals surface area (Å²) in [5, 5.41) is 3.56. The Morgan fingerprint density at radius 1 is 1.33 bits per heavy atom. The van der Waals surface area contributed by atoms with Gasteiger partial charge in [-0.3, -0.25) is 11.3 Å². The van der Waals surface area contributed by atoms with E-state index in [0.29, 0.717) is 16.0 Å². The van der Waals surface area contributed by atoms with Crippen LogP contribution >= 0.6 is 34.5 Å². The van der Waals surface area contributed by atoms with E-state index in [1.54, 1.807) is 6.07 Å². The predicted molar refractivity (Wildman–Crippen MR) is 91.3 cm³/mol. The molecule has 2 atom stereocenters. The first-order valence-corrected chi connectivity index (χ1v) is 8.79. The molecule has 1 heterocycles. The van der Waals surface area contributed by atoms with Gasteiger partial charge in [0.05, 0.1) is 0 Å². The molecular formula is C16H18Cl2N2S. The highest BCUT2D eigenvalue weighted by atomic mass is 35.5. The average molecular weight is 341 g/mol. The van der Waals surface area contributed by atoms with Gasteiger partial charge in [-0.2, -0.15) is 0 Å². The maximum atomic E-state index is 6.30. The molecule has 3 N–H and O–H groups in total. The van der Waals surface area contributed by atoms with Gasteiger partial charge in [-0.05, 0) is 60.4 Å². The monoisotopic (exact) mass is 340 g/mol. The van der Waals surface area contributed by atoms with Crippen molar-refractivity contribution in [2.45, 2.75) is 37.6 Å². The molecule has 0 aliphatic heterocycles. The number of fused-ring (bicyclic) bond motifs is 1. The molecule has 21 heavy (non-hydrogen) atoms. The van der Waals surface area contributed by atoms with Crippen LogP contribution in [0.25, 0.3) is 0 Å². The van der Waals surface area contributed by atoms with E-state index in [-0.39, 0.29) is 6.04 Å². The topological polar surface area (TPSA) is 38.0 Å². The Hall–Kier alpha value is -0.580. The summed E-state index contributed by atoms with van der Waals surface area (Å²) in [6.45, 7) is 0. The lowest BCUT2D eigenvalue weighted by molar-refractivity contribution is 0.397. The fourth-order valence-corrected chi connectivity index (χ4v) is 4.66. The van der Waals surface area contributed by atoms with Crippen LogP contribution in [0.5, 0.6) is 0 Å². The van der Waals surface area contributed by atoms with Crippen LogP contribution in [0.2, 0.25) is 10.0 Å². The molecule has 1 aromatic heterocycles. The molecular weight excluding hydrogens is 323 g/mol. The first-order chi connectivity index (χ1) is 10.2. The van der Waals surface area contributed by atoms with Crippen LogP contribution in [-0.2, 0) is 12.8 Å². The molecule has 2 unspecified atom stereocenters. The zero-order chi connectivity index (χ0) is 14.8. The second-order valence-corrected chi connectivity index (χ2v) is 7.36. The molecule has 1 aliphatic rings. The summed E-state index contributed by atoms with van der Waals surface area (Å²) in [6, 6.07) is 8.11. The third kappa shape index (κ3) is 3.27. The smallest absolute Gasteiger partial charge is 0.0453 e. The van der Waals surface area contributed by atoms with Gasteiger partial charge in [0.15, 0.2) is 0 Å². The van der Waals surface area contributed by atoms with Gasteiger partial charge in [-0.15, -0.1) is 11.3 Å². The van der Waals surface area contributed by atoms with Crippen LogP contribution in [-0.4, -0.2) is 6.04 Å². The molecule has 5 heteroatoms. The van der Waals surface area contributed by atoms with Gasteiger partial charge in [-0.1, -0.05) is 29.3 Å². The lowest BCUT2D eigenvalue weighted by Gasteiger charge is -2.30. The third-order valence-corrected chi connectivity index (χ3v) is 5.84. The Kier molecular flexibility index (Phi) is 4.87. The maximum Gasteiger partial charge on any atom is 0.0453 e.